The molecular weight excluding hydrogens is 226 g/mol. The average Bonchev–Trinajstić information content (AvgIpc) is 2.68. The molecular formula is C15H27NO2. The molecule has 0 aromatic rings. The van der Waals surface area contributed by atoms with Crippen LogP contribution in [0.2, 0.25) is 0 Å². The highest BCUT2D eigenvalue weighted by atomic mass is 16.5. The Bertz CT molecular complexity index is 358. The van der Waals surface area contributed by atoms with Crippen LogP contribution < -0.4 is 0 Å². The van der Waals surface area contributed by atoms with E-state index in [1.807, 2.05) is 0 Å². The Hall–Kier alpha value is -0.120. The first-order valence-electron chi connectivity index (χ1n) is 7.48. The monoisotopic (exact) mass is 253 g/mol. The zero-order valence-electron chi connectivity index (χ0n) is 12.2. The van der Waals surface area contributed by atoms with E-state index in [1.54, 1.807) is 0 Å². The SMILES string of the molecule is CC(C)[C@H]1CO[C@]2(C)C[C@@]3(C)CCCCC3(O)N12. The maximum atomic E-state index is 11.4. The highest BCUT2D eigenvalue weighted by Gasteiger charge is 2.69. The van der Waals surface area contributed by atoms with Crippen molar-refractivity contribution >= 4 is 0 Å². The summed E-state index contributed by atoms with van der Waals surface area (Å²) in [6, 6.07) is 0.361. The van der Waals surface area contributed by atoms with Gasteiger partial charge in [-0.1, -0.05) is 27.2 Å². The van der Waals surface area contributed by atoms with Gasteiger partial charge >= 0.3 is 0 Å². The minimum Gasteiger partial charge on any atom is -0.375 e. The number of hydrogen-bond donors (Lipinski definition) is 1. The molecule has 1 N–H and O–H groups in total. The number of fused-ring (bicyclic) bond motifs is 3. The summed E-state index contributed by atoms with van der Waals surface area (Å²) in [6.07, 6.45) is 5.40. The van der Waals surface area contributed by atoms with Gasteiger partial charge in [0.05, 0.1) is 6.61 Å². The maximum Gasteiger partial charge on any atom is 0.126 e. The van der Waals surface area contributed by atoms with Crippen molar-refractivity contribution < 1.29 is 9.84 Å². The lowest BCUT2D eigenvalue weighted by Crippen LogP contribution is -2.60. The van der Waals surface area contributed by atoms with E-state index < -0.39 is 5.72 Å². The van der Waals surface area contributed by atoms with Gasteiger partial charge in [-0.2, -0.15) is 0 Å². The van der Waals surface area contributed by atoms with Gasteiger partial charge in [0.15, 0.2) is 0 Å². The molecule has 2 heterocycles. The Labute approximate surface area is 110 Å². The topological polar surface area (TPSA) is 32.7 Å². The van der Waals surface area contributed by atoms with Crippen molar-refractivity contribution in [3.8, 4) is 0 Å². The molecule has 2 aliphatic heterocycles. The van der Waals surface area contributed by atoms with E-state index >= 15 is 0 Å². The van der Waals surface area contributed by atoms with Gasteiger partial charge < -0.3 is 9.84 Å². The van der Waals surface area contributed by atoms with Gasteiger partial charge in [-0.15, -0.1) is 0 Å². The predicted molar refractivity (Wildman–Crippen MR) is 71.0 cm³/mol. The predicted octanol–water partition coefficient (Wildman–Crippen LogP) is 2.73. The van der Waals surface area contributed by atoms with Crippen molar-refractivity contribution in [2.24, 2.45) is 11.3 Å². The Morgan fingerprint density at radius 3 is 2.56 bits per heavy atom. The molecule has 1 aliphatic carbocycles. The molecule has 3 nitrogen and oxygen atoms in total. The first-order valence-corrected chi connectivity index (χ1v) is 7.48. The molecule has 1 unspecified atom stereocenters. The first kappa shape index (κ1) is 12.9. The molecule has 4 atom stereocenters. The lowest BCUT2D eigenvalue weighted by molar-refractivity contribution is -0.202. The lowest BCUT2D eigenvalue weighted by Gasteiger charge is -2.49. The standard InChI is InChI=1S/C15H27NO2/c1-11(2)12-9-18-14(4)10-13(3)7-5-6-8-15(13,17)16(12)14/h11-12,17H,5-10H2,1-4H3/t12-,13-,14-,15?/m1/s1. The fourth-order valence-electron chi connectivity index (χ4n) is 4.81. The highest BCUT2D eigenvalue weighted by molar-refractivity contribution is 5.14. The third-order valence-electron chi connectivity index (χ3n) is 5.76. The molecule has 3 rings (SSSR count). The number of aliphatic hydroxyl groups is 1. The zero-order valence-corrected chi connectivity index (χ0v) is 12.2. The molecule has 3 heteroatoms. The van der Waals surface area contributed by atoms with E-state index in [4.69, 9.17) is 4.74 Å². The minimum atomic E-state index is -0.647. The third-order valence-corrected chi connectivity index (χ3v) is 5.76. The highest BCUT2D eigenvalue weighted by Crippen LogP contribution is 2.62. The quantitative estimate of drug-likeness (QED) is 0.780. The number of nitrogens with zero attached hydrogens (tertiary/aromatic N) is 1. The Morgan fingerprint density at radius 2 is 1.89 bits per heavy atom. The number of rotatable bonds is 1. The largest absolute Gasteiger partial charge is 0.375 e. The van der Waals surface area contributed by atoms with Crippen LogP contribution in [0.25, 0.3) is 0 Å². The molecule has 1 saturated carbocycles. The van der Waals surface area contributed by atoms with Crippen molar-refractivity contribution in [3.05, 3.63) is 0 Å². The third kappa shape index (κ3) is 1.41. The molecule has 3 fully saturated rings. The second-order valence-electron chi connectivity index (χ2n) is 7.43. The van der Waals surface area contributed by atoms with E-state index in [0.717, 1.165) is 32.3 Å². The summed E-state index contributed by atoms with van der Waals surface area (Å²) in [7, 11) is 0. The Morgan fingerprint density at radius 1 is 1.22 bits per heavy atom. The summed E-state index contributed by atoms with van der Waals surface area (Å²) in [4.78, 5) is 2.34. The van der Waals surface area contributed by atoms with Crippen LogP contribution >= 0.6 is 0 Å². The molecule has 2 saturated heterocycles. The van der Waals surface area contributed by atoms with Crippen molar-refractivity contribution in [2.75, 3.05) is 6.61 Å². The van der Waals surface area contributed by atoms with Crippen LogP contribution in [0.15, 0.2) is 0 Å². The summed E-state index contributed by atoms with van der Waals surface area (Å²) in [5, 5.41) is 11.4. The van der Waals surface area contributed by atoms with Crippen LogP contribution in [0.1, 0.15) is 59.8 Å². The van der Waals surface area contributed by atoms with E-state index in [1.165, 1.54) is 6.42 Å². The normalized spacial score (nSPS) is 52.7. The van der Waals surface area contributed by atoms with Gasteiger partial charge in [-0.05, 0) is 38.5 Å². The first-order chi connectivity index (χ1) is 8.32. The molecule has 0 aromatic heterocycles. The van der Waals surface area contributed by atoms with Crippen molar-refractivity contribution in [3.63, 3.8) is 0 Å². The number of ether oxygens (including phenoxy) is 1. The second-order valence-corrected chi connectivity index (χ2v) is 7.43. The van der Waals surface area contributed by atoms with Crippen molar-refractivity contribution in [1.82, 2.24) is 4.90 Å². The summed E-state index contributed by atoms with van der Waals surface area (Å²) in [5.41, 5.74) is -0.887. The molecule has 18 heavy (non-hydrogen) atoms. The number of hydrogen-bond acceptors (Lipinski definition) is 3. The van der Waals surface area contributed by atoms with Gasteiger partial charge in [-0.25, -0.2) is 4.90 Å². The van der Waals surface area contributed by atoms with Crippen LogP contribution in [0.5, 0.6) is 0 Å². The molecule has 0 bridgehead atoms. The minimum absolute atomic E-state index is 0.00750. The average molecular weight is 253 g/mol. The summed E-state index contributed by atoms with van der Waals surface area (Å²) < 4.78 is 6.13. The summed E-state index contributed by atoms with van der Waals surface area (Å²) >= 11 is 0. The summed E-state index contributed by atoms with van der Waals surface area (Å²) in [5.74, 6) is 0.528. The van der Waals surface area contributed by atoms with Gasteiger partial charge in [-0.3, -0.25) is 0 Å². The van der Waals surface area contributed by atoms with Gasteiger partial charge in [0, 0.05) is 11.5 Å². The van der Waals surface area contributed by atoms with Crippen LogP contribution in [0.4, 0.5) is 0 Å². The van der Waals surface area contributed by atoms with Crippen LogP contribution in [0, 0.1) is 11.3 Å². The molecule has 0 aromatic carbocycles. The fourth-order valence-corrected chi connectivity index (χ4v) is 4.81. The maximum absolute atomic E-state index is 11.4. The van der Waals surface area contributed by atoms with E-state index in [9.17, 15) is 5.11 Å². The van der Waals surface area contributed by atoms with E-state index in [0.29, 0.717) is 12.0 Å². The molecule has 0 amide bonds. The van der Waals surface area contributed by atoms with Gasteiger partial charge in [0.1, 0.15) is 11.4 Å². The van der Waals surface area contributed by atoms with E-state index in [2.05, 4.69) is 32.6 Å². The molecule has 3 aliphatic rings. The smallest absolute Gasteiger partial charge is 0.126 e. The summed E-state index contributed by atoms with van der Waals surface area (Å²) in [6.45, 7) is 9.68. The van der Waals surface area contributed by atoms with Gasteiger partial charge in [0.2, 0.25) is 0 Å². The van der Waals surface area contributed by atoms with Crippen molar-refractivity contribution in [2.45, 2.75) is 77.3 Å². The van der Waals surface area contributed by atoms with Crippen LogP contribution in [-0.4, -0.2) is 34.1 Å². The zero-order chi connectivity index (χ0) is 13.2. The van der Waals surface area contributed by atoms with Gasteiger partial charge in [0.25, 0.3) is 0 Å². The second kappa shape index (κ2) is 3.71. The van der Waals surface area contributed by atoms with Crippen LogP contribution in [0.3, 0.4) is 0 Å². The van der Waals surface area contributed by atoms with Crippen molar-refractivity contribution in [1.29, 1.82) is 0 Å². The fraction of sp³-hybridized carbons (Fsp3) is 1.00. The Kier molecular flexibility index (Phi) is 2.66. The van der Waals surface area contributed by atoms with E-state index in [-0.39, 0.29) is 11.1 Å². The lowest BCUT2D eigenvalue weighted by atomic mass is 9.68. The Balaban J connectivity index is 2.03. The van der Waals surface area contributed by atoms with Crippen LogP contribution in [-0.2, 0) is 4.74 Å². The molecule has 104 valence electrons. The molecule has 0 spiro atoms. The molecule has 0 radical (unpaired) electrons.